The summed E-state index contributed by atoms with van der Waals surface area (Å²) in [4.78, 5) is 45.1. The number of nitrogens with one attached hydrogen (secondary N) is 3. The van der Waals surface area contributed by atoms with Crippen molar-refractivity contribution in [2.45, 2.75) is 38.1 Å². The highest BCUT2D eigenvalue weighted by atomic mass is 35.5. The van der Waals surface area contributed by atoms with E-state index in [1.54, 1.807) is 24.3 Å². The molecule has 2 aliphatic heterocycles. The maximum Gasteiger partial charge on any atom is 0.324 e. The van der Waals surface area contributed by atoms with E-state index in [-0.39, 0.29) is 11.8 Å². The molecule has 1 aromatic heterocycles. The topological polar surface area (TPSA) is 129 Å². The van der Waals surface area contributed by atoms with Crippen LogP contribution in [0.5, 0.6) is 0 Å². The van der Waals surface area contributed by atoms with E-state index in [0.29, 0.717) is 47.2 Å². The van der Waals surface area contributed by atoms with Crippen LogP contribution in [0.15, 0.2) is 53.5 Å². The van der Waals surface area contributed by atoms with E-state index in [9.17, 15) is 14.4 Å². The van der Waals surface area contributed by atoms with Crippen molar-refractivity contribution in [1.82, 2.24) is 10.2 Å². The van der Waals surface area contributed by atoms with Crippen molar-refractivity contribution in [1.29, 1.82) is 0 Å². The van der Waals surface area contributed by atoms with E-state index in [0.717, 1.165) is 48.5 Å². The van der Waals surface area contributed by atoms with Gasteiger partial charge in [-0.1, -0.05) is 35.9 Å². The van der Waals surface area contributed by atoms with Crippen LogP contribution in [-0.2, 0) is 17.8 Å². The molecule has 0 bridgehead atoms. The fraction of sp³-hybridized carbons (Fsp3) is 0.333. The summed E-state index contributed by atoms with van der Waals surface area (Å²) in [7, 11) is 0. The van der Waals surface area contributed by atoms with E-state index in [4.69, 9.17) is 17.3 Å². The third kappa shape index (κ3) is 7.32. The van der Waals surface area contributed by atoms with Crippen LogP contribution < -0.4 is 21.7 Å². The molecule has 0 fully saturated rings. The Morgan fingerprint density at radius 1 is 1.10 bits per heavy atom. The second-order valence-electron chi connectivity index (χ2n) is 10.2. The highest BCUT2D eigenvalue weighted by molar-refractivity contribution is 7.17. The molecule has 4 amide bonds. The first-order valence-corrected chi connectivity index (χ1v) is 14.9. The van der Waals surface area contributed by atoms with Gasteiger partial charge in [-0.25, -0.2) is 4.79 Å². The summed E-state index contributed by atoms with van der Waals surface area (Å²) in [6.45, 7) is 3.59. The number of thiophene rings is 1. The highest BCUT2D eigenvalue weighted by Crippen LogP contribution is 2.37. The molecule has 2 aliphatic rings. The summed E-state index contributed by atoms with van der Waals surface area (Å²) >= 11 is 7.29. The van der Waals surface area contributed by atoms with Gasteiger partial charge >= 0.3 is 6.03 Å². The van der Waals surface area contributed by atoms with E-state index in [1.165, 1.54) is 16.9 Å². The molecule has 3 heterocycles. The van der Waals surface area contributed by atoms with Gasteiger partial charge in [0.1, 0.15) is 5.00 Å². The van der Waals surface area contributed by atoms with E-state index in [1.807, 2.05) is 18.3 Å². The minimum absolute atomic E-state index is 0.0647. The number of urea groups is 1. The third-order valence-corrected chi connectivity index (χ3v) is 8.78. The van der Waals surface area contributed by atoms with Crippen LogP contribution in [0, 0.1) is 0 Å². The number of benzene rings is 2. The molecule has 0 radical (unpaired) electrons. The number of fused-ring (bicyclic) bond motifs is 2. The normalized spacial score (nSPS) is 16.0. The first-order chi connectivity index (χ1) is 19.9. The SMILES string of the molecule is NC(=O)c1c(NC(=O)Nc2ccc(Cl)cc2)sc2c1CCN(CCCNC(=O)CCC1CN=Cc3ccccc31)C2. The van der Waals surface area contributed by atoms with Crippen LogP contribution in [0.4, 0.5) is 15.5 Å². The van der Waals surface area contributed by atoms with Crippen molar-refractivity contribution in [3.63, 3.8) is 0 Å². The van der Waals surface area contributed by atoms with E-state index < -0.39 is 11.9 Å². The lowest BCUT2D eigenvalue weighted by Crippen LogP contribution is -2.34. The fourth-order valence-electron chi connectivity index (χ4n) is 5.34. The average Bonchev–Trinajstić information content (AvgIpc) is 3.32. The molecule has 0 aliphatic carbocycles. The summed E-state index contributed by atoms with van der Waals surface area (Å²) in [5, 5.41) is 9.61. The number of hydrogen-bond donors (Lipinski definition) is 4. The van der Waals surface area contributed by atoms with Gasteiger partial charge in [0.25, 0.3) is 5.91 Å². The number of hydrogen-bond acceptors (Lipinski definition) is 6. The molecular weight excluding hydrogens is 560 g/mol. The average molecular weight is 593 g/mol. The predicted molar refractivity (Wildman–Crippen MR) is 164 cm³/mol. The summed E-state index contributed by atoms with van der Waals surface area (Å²) in [6, 6.07) is 14.5. The summed E-state index contributed by atoms with van der Waals surface area (Å²) in [6.07, 6.45) is 4.66. The van der Waals surface area contributed by atoms with Gasteiger partial charge in [-0.15, -0.1) is 11.3 Å². The zero-order valence-electron chi connectivity index (χ0n) is 22.6. The van der Waals surface area contributed by atoms with Gasteiger partial charge < -0.3 is 16.4 Å². The quantitative estimate of drug-likeness (QED) is 0.247. The van der Waals surface area contributed by atoms with Gasteiger partial charge in [0.2, 0.25) is 5.91 Å². The molecule has 0 spiro atoms. The van der Waals surface area contributed by atoms with Crippen LogP contribution in [-0.4, -0.2) is 55.1 Å². The molecular formula is C30H33ClN6O3S. The zero-order chi connectivity index (χ0) is 28.8. The lowest BCUT2D eigenvalue weighted by Gasteiger charge is -2.27. The Morgan fingerprint density at radius 2 is 1.90 bits per heavy atom. The first-order valence-electron chi connectivity index (χ1n) is 13.7. The Bertz CT molecular complexity index is 1450. The summed E-state index contributed by atoms with van der Waals surface area (Å²) in [5.41, 5.74) is 10.00. The lowest BCUT2D eigenvalue weighted by molar-refractivity contribution is -0.121. The number of nitrogens with zero attached hydrogens (tertiary/aromatic N) is 2. The van der Waals surface area contributed by atoms with Crippen molar-refractivity contribution >= 4 is 57.7 Å². The maximum atomic E-state index is 12.6. The van der Waals surface area contributed by atoms with Gasteiger partial charge in [-0.2, -0.15) is 0 Å². The number of carbonyl (C=O) groups is 3. The Balaban J connectivity index is 1.08. The minimum Gasteiger partial charge on any atom is -0.365 e. The number of anilines is 2. The van der Waals surface area contributed by atoms with Crippen LogP contribution in [0.25, 0.3) is 0 Å². The molecule has 1 unspecified atom stereocenters. The van der Waals surface area contributed by atoms with Crippen LogP contribution in [0.3, 0.4) is 0 Å². The van der Waals surface area contributed by atoms with Gasteiger partial charge in [-0.05, 0) is 60.2 Å². The van der Waals surface area contributed by atoms with E-state index >= 15 is 0 Å². The molecule has 0 saturated carbocycles. The van der Waals surface area contributed by atoms with Crippen molar-refractivity contribution in [2.75, 3.05) is 36.8 Å². The number of halogens is 1. The Labute approximate surface area is 248 Å². The second-order valence-corrected chi connectivity index (χ2v) is 11.8. The largest absolute Gasteiger partial charge is 0.365 e. The highest BCUT2D eigenvalue weighted by Gasteiger charge is 2.27. The van der Waals surface area contributed by atoms with Gasteiger partial charge in [0.05, 0.1) is 5.56 Å². The molecule has 2 aromatic carbocycles. The van der Waals surface area contributed by atoms with Crippen LogP contribution in [0.1, 0.15) is 57.1 Å². The molecule has 3 aromatic rings. The van der Waals surface area contributed by atoms with E-state index in [2.05, 4.69) is 38.0 Å². The molecule has 9 nitrogen and oxygen atoms in total. The number of aliphatic imine (C=N–C) groups is 1. The number of primary amides is 1. The van der Waals surface area contributed by atoms with Crippen LogP contribution in [0.2, 0.25) is 5.02 Å². The number of amides is 4. The standard InChI is InChI=1S/C30H33ClN6O3S/c31-21-7-9-22(10-8-21)35-30(40)36-29-27(28(32)39)24-12-15-37(18-25(24)41-29)14-3-13-34-26(38)11-6-20-17-33-16-19-4-1-2-5-23(19)20/h1-2,4-5,7-10,16,20H,3,6,11-15,17-18H2,(H2,32,39)(H,34,38)(H2,35,36,40). The van der Waals surface area contributed by atoms with Crippen molar-refractivity contribution in [3.8, 4) is 0 Å². The fourth-order valence-corrected chi connectivity index (χ4v) is 6.76. The summed E-state index contributed by atoms with van der Waals surface area (Å²) < 4.78 is 0. The molecule has 11 heteroatoms. The molecule has 5 rings (SSSR count). The van der Waals surface area contributed by atoms with Gasteiger partial charge in [0.15, 0.2) is 0 Å². The smallest absolute Gasteiger partial charge is 0.324 e. The zero-order valence-corrected chi connectivity index (χ0v) is 24.2. The van der Waals surface area contributed by atoms with Gasteiger partial charge in [0, 0.05) is 66.9 Å². The molecule has 0 saturated heterocycles. The lowest BCUT2D eigenvalue weighted by atomic mass is 9.89. The molecule has 214 valence electrons. The number of carbonyl (C=O) groups excluding carboxylic acids is 3. The molecule has 1 atom stereocenters. The summed E-state index contributed by atoms with van der Waals surface area (Å²) in [5.74, 6) is -0.206. The monoisotopic (exact) mass is 592 g/mol. The molecule has 5 N–H and O–H groups in total. The Morgan fingerprint density at radius 3 is 2.71 bits per heavy atom. The van der Waals surface area contributed by atoms with Crippen molar-refractivity contribution < 1.29 is 14.4 Å². The molecule has 41 heavy (non-hydrogen) atoms. The van der Waals surface area contributed by atoms with Gasteiger partial charge in [-0.3, -0.25) is 24.8 Å². The minimum atomic E-state index is -0.552. The Hall–Kier alpha value is -3.73. The number of nitrogens with two attached hydrogens (primary N) is 1. The van der Waals surface area contributed by atoms with Crippen molar-refractivity contribution in [2.24, 2.45) is 10.7 Å². The second kappa shape index (κ2) is 13.3. The first kappa shape index (κ1) is 28.8. The van der Waals surface area contributed by atoms with Crippen molar-refractivity contribution in [3.05, 3.63) is 80.7 Å². The third-order valence-electron chi connectivity index (χ3n) is 7.40. The Kier molecular flexibility index (Phi) is 9.33. The number of rotatable bonds is 10. The maximum absolute atomic E-state index is 12.6. The van der Waals surface area contributed by atoms with Crippen LogP contribution >= 0.6 is 22.9 Å². The predicted octanol–water partition coefficient (Wildman–Crippen LogP) is 5.01.